The zero-order valence-electron chi connectivity index (χ0n) is 25.5. The number of Topliss-reactive ketones (excluding diaryl/α,β-unsaturated/α-hetero) is 1. The van der Waals surface area contributed by atoms with Gasteiger partial charge in [-0.05, 0) is 80.7 Å². The van der Waals surface area contributed by atoms with Crippen molar-refractivity contribution in [3.05, 3.63) is 0 Å². The smallest absolute Gasteiger partial charge is 0.193 e. The Morgan fingerprint density at radius 2 is 1.53 bits per heavy atom. The zero-order valence-corrected chi connectivity index (χ0v) is 27.5. The van der Waals surface area contributed by atoms with Gasteiger partial charge < -0.3 is 18.4 Å². The Morgan fingerprint density at radius 3 is 2.03 bits per heavy atom. The third kappa shape index (κ3) is 4.89. The summed E-state index contributed by atoms with van der Waals surface area (Å²) in [6, 6.07) is 0. The summed E-state index contributed by atoms with van der Waals surface area (Å²) >= 11 is 0. The summed E-state index contributed by atoms with van der Waals surface area (Å²) in [6.45, 7) is 29.6. The van der Waals surface area contributed by atoms with Crippen LogP contribution in [0.2, 0.25) is 36.3 Å². The molecule has 208 valence electrons. The van der Waals surface area contributed by atoms with Crippen LogP contribution in [0.4, 0.5) is 0 Å². The molecule has 3 rings (SSSR count). The van der Waals surface area contributed by atoms with Gasteiger partial charge in [0.1, 0.15) is 11.9 Å². The molecule has 2 bridgehead atoms. The minimum absolute atomic E-state index is 0.0435. The van der Waals surface area contributed by atoms with E-state index in [0.29, 0.717) is 6.61 Å². The summed E-state index contributed by atoms with van der Waals surface area (Å²) in [5, 5.41) is 0.00574. The molecule has 0 aromatic rings. The molecule has 3 aliphatic rings. The molecule has 36 heavy (non-hydrogen) atoms. The van der Waals surface area contributed by atoms with Gasteiger partial charge in [-0.3, -0.25) is 4.79 Å². The van der Waals surface area contributed by atoms with Crippen LogP contribution in [-0.4, -0.2) is 53.1 Å². The van der Waals surface area contributed by atoms with Gasteiger partial charge in [0.05, 0.1) is 18.1 Å². The number of hydrogen-bond donors (Lipinski definition) is 0. The molecule has 3 fully saturated rings. The summed E-state index contributed by atoms with van der Waals surface area (Å²) in [7, 11) is -4.40. The van der Waals surface area contributed by atoms with Crippen LogP contribution in [0.3, 0.4) is 0 Å². The van der Waals surface area contributed by atoms with Crippen molar-refractivity contribution in [2.24, 2.45) is 29.1 Å². The average Bonchev–Trinajstić information content (AvgIpc) is 2.76. The third-order valence-electron chi connectivity index (χ3n) is 11.2. The molecule has 0 N–H and O–H groups in total. The predicted molar refractivity (Wildman–Crippen MR) is 151 cm³/mol. The lowest BCUT2D eigenvalue weighted by Gasteiger charge is -2.59. The molecule has 6 atom stereocenters. The van der Waals surface area contributed by atoms with E-state index in [-0.39, 0.29) is 51.2 Å². The molecule has 0 aromatic carbocycles. The largest absolute Gasteiger partial charge is 0.416 e. The van der Waals surface area contributed by atoms with E-state index < -0.39 is 28.2 Å². The fraction of sp³-hybridized carbons (Fsp3) is 0.931. The molecule has 5 nitrogen and oxygen atoms in total. The molecule has 1 aliphatic heterocycles. The monoisotopic (exact) mass is 538 g/mol. The molecule has 0 spiro atoms. The number of rotatable bonds is 6. The average molecular weight is 539 g/mol. The Morgan fingerprint density at radius 1 is 0.972 bits per heavy atom. The topological polar surface area (TPSA) is 61.8 Å². The van der Waals surface area contributed by atoms with Crippen LogP contribution in [0.1, 0.15) is 81.6 Å². The first-order valence-electron chi connectivity index (χ1n) is 14.0. The van der Waals surface area contributed by atoms with E-state index >= 15 is 0 Å². The van der Waals surface area contributed by atoms with Crippen molar-refractivity contribution in [3.8, 4) is 0 Å². The molecule has 0 unspecified atom stereocenters. The van der Waals surface area contributed by atoms with Gasteiger partial charge in [0.2, 0.25) is 0 Å². The molecule has 0 amide bonds. The van der Waals surface area contributed by atoms with Crippen molar-refractivity contribution in [2.75, 3.05) is 13.2 Å². The molecular weight excluding hydrogens is 484 g/mol. The molecule has 1 saturated heterocycles. The highest BCUT2D eigenvalue weighted by atomic mass is 28.4. The van der Waals surface area contributed by atoms with Crippen LogP contribution in [0.15, 0.2) is 0 Å². The Hall–Kier alpha value is -0.346. The van der Waals surface area contributed by atoms with E-state index in [2.05, 4.69) is 88.5 Å². The summed E-state index contributed by atoms with van der Waals surface area (Å²) in [4.78, 5) is 27.5. The Labute approximate surface area is 223 Å². The molecule has 7 heteroatoms. The summed E-state index contributed by atoms with van der Waals surface area (Å²) in [5.41, 5.74) is -1.54. The maximum absolute atomic E-state index is 14.7. The number of aldehydes is 1. The van der Waals surface area contributed by atoms with Crippen molar-refractivity contribution in [1.29, 1.82) is 0 Å². The standard InChI is InChI=1S/C29H54O5Si2/c1-25(2,3)35(10,11)33-18-23-20(17-30)24(31)29(34-36(12,13)26(4,5)6)19-32-27(7,8)21-14-15-28(23,9)16-22(21)29/h17,20-23H,14-16,18-19H2,1-13H3/t20-,21-,22+,23+,28+,29+/m1/s1. The molecule has 0 radical (unpaired) electrons. The minimum atomic E-state index is -2.35. The lowest BCUT2D eigenvalue weighted by atomic mass is 9.55. The maximum Gasteiger partial charge on any atom is 0.193 e. The van der Waals surface area contributed by atoms with E-state index in [1.54, 1.807) is 0 Å². The SMILES string of the molecule is CC1(C)OC[C@@]2(O[Si](C)(C)C(C)(C)C)C(=O)[C@H](C=O)[C@H](CO[Si](C)(C)C(C)(C)C)[C@@]3(C)CC[C@@H]1[C@@H]2C3. The van der Waals surface area contributed by atoms with Gasteiger partial charge in [-0.15, -0.1) is 0 Å². The highest BCUT2D eigenvalue weighted by Crippen LogP contribution is 2.62. The quantitative estimate of drug-likeness (QED) is 0.207. The third-order valence-corrected chi connectivity index (χ3v) is 20.2. The van der Waals surface area contributed by atoms with Crippen LogP contribution >= 0.6 is 0 Å². The van der Waals surface area contributed by atoms with Gasteiger partial charge in [-0.1, -0.05) is 48.5 Å². The number of fused-ring (bicyclic) bond motifs is 1. The van der Waals surface area contributed by atoms with Gasteiger partial charge in [0.15, 0.2) is 22.4 Å². The lowest BCUT2D eigenvalue weighted by molar-refractivity contribution is -0.225. The van der Waals surface area contributed by atoms with Crippen molar-refractivity contribution >= 4 is 28.7 Å². The first-order valence-corrected chi connectivity index (χ1v) is 19.8. The second-order valence-electron chi connectivity index (χ2n) is 16.0. The van der Waals surface area contributed by atoms with Crippen LogP contribution in [-0.2, 0) is 23.2 Å². The summed E-state index contributed by atoms with van der Waals surface area (Å²) in [6.07, 6.45) is 3.74. The van der Waals surface area contributed by atoms with Gasteiger partial charge in [0, 0.05) is 18.4 Å². The first kappa shape index (κ1) is 30.2. The molecular formula is C29H54O5Si2. The molecule has 2 saturated carbocycles. The summed E-state index contributed by atoms with van der Waals surface area (Å²) < 4.78 is 20.4. The molecule has 0 aromatic heterocycles. The fourth-order valence-corrected chi connectivity index (χ4v) is 9.05. The highest BCUT2D eigenvalue weighted by molar-refractivity contribution is 6.74. The Balaban J connectivity index is 2.13. The van der Waals surface area contributed by atoms with Crippen molar-refractivity contribution in [3.63, 3.8) is 0 Å². The zero-order chi connectivity index (χ0) is 27.8. The Kier molecular flexibility index (Phi) is 7.64. The first-order chi connectivity index (χ1) is 16.0. The van der Waals surface area contributed by atoms with Gasteiger partial charge in [0.25, 0.3) is 0 Å². The molecule has 1 heterocycles. The number of ether oxygens (including phenoxy) is 1. The van der Waals surface area contributed by atoms with E-state index in [1.807, 2.05) is 0 Å². The number of carbonyl (C=O) groups excluding carboxylic acids is 2. The second kappa shape index (κ2) is 9.11. The number of hydrogen-bond acceptors (Lipinski definition) is 5. The van der Waals surface area contributed by atoms with E-state index in [0.717, 1.165) is 25.5 Å². The van der Waals surface area contributed by atoms with Crippen LogP contribution in [0.5, 0.6) is 0 Å². The van der Waals surface area contributed by atoms with E-state index in [1.165, 1.54) is 0 Å². The minimum Gasteiger partial charge on any atom is -0.416 e. The van der Waals surface area contributed by atoms with Gasteiger partial charge in [-0.25, -0.2) is 0 Å². The lowest BCUT2D eigenvalue weighted by Crippen LogP contribution is -2.68. The predicted octanol–water partition coefficient (Wildman–Crippen LogP) is 7.01. The van der Waals surface area contributed by atoms with Crippen molar-refractivity contribution < 1.29 is 23.2 Å². The van der Waals surface area contributed by atoms with E-state index in [4.69, 9.17) is 13.6 Å². The normalized spacial score (nSPS) is 37.4. The second-order valence-corrected chi connectivity index (χ2v) is 25.5. The van der Waals surface area contributed by atoms with Gasteiger partial charge >= 0.3 is 0 Å². The number of carbonyl (C=O) groups is 2. The van der Waals surface area contributed by atoms with Crippen LogP contribution < -0.4 is 0 Å². The fourth-order valence-electron chi connectivity index (χ4n) is 6.49. The van der Waals surface area contributed by atoms with Crippen LogP contribution in [0.25, 0.3) is 0 Å². The maximum atomic E-state index is 14.7. The highest BCUT2D eigenvalue weighted by Gasteiger charge is 2.67. The number of ketones is 1. The Bertz CT molecular complexity index is 868. The van der Waals surface area contributed by atoms with E-state index in [9.17, 15) is 9.59 Å². The van der Waals surface area contributed by atoms with Crippen molar-refractivity contribution in [2.45, 2.75) is 129 Å². The van der Waals surface area contributed by atoms with Crippen molar-refractivity contribution in [1.82, 2.24) is 0 Å². The summed E-state index contributed by atoms with van der Waals surface area (Å²) in [5.74, 6) is -0.672. The molecule has 2 aliphatic carbocycles. The van der Waals surface area contributed by atoms with Crippen LogP contribution in [0, 0.1) is 29.1 Å². The van der Waals surface area contributed by atoms with Gasteiger partial charge in [-0.2, -0.15) is 0 Å².